The third-order valence-corrected chi connectivity index (χ3v) is 5.34. The van der Waals surface area contributed by atoms with Gasteiger partial charge < -0.3 is 5.32 Å². The summed E-state index contributed by atoms with van der Waals surface area (Å²) in [5, 5.41) is 12.5. The van der Waals surface area contributed by atoms with Gasteiger partial charge in [-0.25, -0.2) is 14.3 Å². The second kappa shape index (κ2) is 11.7. The van der Waals surface area contributed by atoms with Crippen LogP contribution in [-0.4, -0.2) is 22.6 Å². The first kappa shape index (κ1) is 23.9. The Hall–Kier alpha value is -2.38. The summed E-state index contributed by atoms with van der Waals surface area (Å²) in [6.07, 6.45) is 4.73. The lowest BCUT2D eigenvalue weighted by atomic mass is 9.91. The summed E-state index contributed by atoms with van der Waals surface area (Å²) in [7, 11) is 0. The summed E-state index contributed by atoms with van der Waals surface area (Å²) in [4.78, 5) is 16.2. The summed E-state index contributed by atoms with van der Waals surface area (Å²) in [6, 6.07) is 6.65. The number of aryl methyl sites for hydroxylation is 2. The number of aromatic nitrogens is 1. The molecule has 0 radical (unpaired) electrons. The number of rotatable bonds is 11. The van der Waals surface area contributed by atoms with Crippen molar-refractivity contribution >= 4 is 5.91 Å². The Labute approximate surface area is 176 Å². The normalized spacial score (nSPS) is 13.1. The predicted molar refractivity (Wildman–Crippen MR) is 112 cm³/mol. The minimum absolute atomic E-state index is 0.0484. The largest absolute Gasteiger partial charge is 0.309 e. The molecule has 0 saturated carbocycles. The smallest absolute Gasteiger partial charge is 0.246 e. The van der Waals surface area contributed by atoms with Crippen LogP contribution in [0.3, 0.4) is 0 Å². The molecule has 0 saturated heterocycles. The van der Waals surface area contributed by atoms with E-state index in [1.165, 1.54) is 12.3 Å². The van der Waals surface area contributed by atoms with Gasteiger partial charge in [-0.05, 0) is 74.9 Å². The molecule has 0 aliphatic rings. The van der Waals surface area contributed by atoms with Crippen LogP contribution in [0.5, 0.6) is 0 Å². The van der Waals surface area contributed by atoms with Gasteiger partial charge in [0.1, 0.15) is 11.6 Å². The molecule has 3 N–H and O–H groups in total. The van der Waals surface area contributed by atoms with Gasteiger partial charge in [0.15, 0.2) is 0 Å². The Morgan fingerprint density at radius 1 is 1.17 bits per heavy atom. The number of carbonyl (C=O) groups excluding carboxylic acids is 1. The van der Waals surface area contributed by atoms with Gasteiger partial charge in [0.2, 0.25) is 5.91 Å². The number of unbranched alkanes of at least 4 members (excludes halogenated alkanes) is 1. The minimum Gasteiger partial charge on any atom is -0.309 e. The lowest BCUT2D eigenvalue weighted by Gasteiger charge is -2.18. The number of hydrogen-bond acceptors (Lipinski definition) is 4. The van der Waals surface area contributed by atoms with E-state index in [0.29, 0.717) is 24.0 Å². The average Bonchev–Trinajstić information content (AvgIpc) is 2.73. The maximum absolute atomic E-state index is 13.8. The molecule has 164 valence electrons. The van der Waals surface area contributed by atoms with Crippen LogP contribution < -0.4 is 10.8 Å². The Balaban J connectivity index is 1.86. The van der Waals surface area contributed by atoms with Crippen molar-refractivity contribution in [3.05, 3.63) is 64.5 Å². The number of pyridine rings is 1. The summed E-state index contributed by atoms with van der Waals surface area (Å²) in [5.41, 5.74) is 4.54. The highest BCUT2D eigenvalue weighted by molar-refractivity contribution is 5.77. The molecule has 1 aromatic heterocycles. The van der Waals surface area contributed by atoms with E-state index in [9.17, 15) is 13.6 Å². The van der Waals surface area contributed by atoms with Gasteiger partial charge in [-0.3, -0.25) is 15.0 Å². The Morgan fingerprint density at radius 3 is 2.43 bits per heavy atom. The molecule has 0 spiro atoms. The molecule has 5 nitrogen and oxygen atoms in total. The first-order chi connectivity index (χ1) is 14.3. The fourth-order valence-electron chi connectivity index (χ4n) is 3.70. The number of nitrogens with one attached hydrogen (secondary N) is 2. The van der Waals surface area contributed by atoms with Crippen molar-refractivity contribution in [2.75, 3.05) is 6.54 Å². The zero-order chi connectivity index (χ0) is 22.1. The molecule has 0 aliphatic heterocycles. The molecular weight excluding hydrogens is 388 g/mol. The number of benzene rings is 1. The molecule has 2 atom stereocenters. The van der Waals surface area contributed by atoms with E-state index in [2.05, 4.69) is 10.3 Å². The van der Waals surface area contributed by atoms with Crippen molar-refractivity contribution in [2.45, 2.75) is 58.9 Å². The fourth-order valence-corrected chi connectivity index (χ4v) is 3.70. The molecule has 1 amide bonds. The Morgan fingerprint density at radius 2 is 1.87 bits per heavy atom. The second-order valence-electron chi connectivity index (χ2n) is 7.73. The highest BCUT2D eigenvalue weighted by atomic mass is 19.1. The standard InChI is InChI=1S/C23H31F2N3O2/c1-4-20(21-9-8-19(24)14-27-21)26-10-6-5-7-18(23(29)28-30)13-17-11-15(2)22(25)16(3)12-17/h8-9,11-12,14,18,20,26,30H,4-7,10,13H2,1-3H3,(H,28,29)/t18-,20+/m0/s1. The molecule has 1 heterocycles. The molecule has 30 heavy (non-hydrogen) atoms. The van der Waals surface area contributed by atoms with Gasteiger partial charge in [0, 0.05) is 12.0 Å². The van der Waals surface area contributed by atoms with Crippen LogP contribution in [0.4, 0.5) is 8.78 Å². The van der Waals surface area contributed by atoms with Crippen LogP contribution in [0.1, 0.15) is 61.0 Å². The third kappa shape index (κ3) is 6.85. The predicted octanol–water partition coefficient (Wildman–Crippen LogP) is 4.55. The van der Waals surface area contributed by atoms with Crippen molar-refractivity contribution in [1.29, 1.82) is 0 Å². The number of hydrogen-bond donors (Lipinski definition) is 3. The maximum Gasteiger partial charge on any atom is 0.246 e. The molecule has 1 aromatic carbocycles. The van der Waals surface area contributed by atoms with E-state index in [1.54, 1.807) is 37.5 Å². The first-order valence-electron chi connectivity index (χ1n) is 10.4. The Bertz CT molecular complexity index is 805. The van der Waals surface area contributed by atoms with E-state index in [-0.39, 0.29) is 23.6 Å². The quantitative estimate of drug-likeness (QED) is 0.284. The van der Waals surface area contributed by atoms with E-state index >= 15 is 0 Å². The van der Waals surface area contributed by atoms with Crippen LogP contribution in [0.25, 0.3) is 0 Å². The van der Waals surface area contributed by atoms with E-state index < -0.39 is 5.91 Å². The molecule has 7 heteroatoms. The van der Waals surface area contributed by atoms with Crippen LogP contribution in [0, 0.1) is 31.4 Å². The zero-order valence-corrected chi connectivity index (χ0v) is 17.8. The van der Waals surface area contributed by atoms with Crippen molar-refractivity contribution in [1.82, 2.24) is 15.8 Å². The summed E-state index contributed by atoms with van der Waals surface area (Å²) < 4.78 is 26.9. The van der Waals surface area contributed by atoms with Crippen LogP contribution >= 0.6 is 0 Å². The van der Waals surface area contributed by atoms with Gasteiger partial charge in [0.05, 0.1) is 11.9 Å². The number of hydroxylamine groups is 1. The van der Waals surface area contributed by atoms with E-state index in [0.717, 1.165) is 37.1 Å². The molecular formula is C23H31F2N3O2. The highest BCUT2D eigenvalue weighted by Crippen LogP contribution is 2.21. The van der Waals surface area contributed by atoms with Crippen LogP contribution in [0.15, 0.2) is 30.5 Å². The van der Waals surface area contributed by atoms with Gasteiger partial charge >= 0.3 is 0 Å². The summed E-state index contributed by atoms with van der Waals surface area (Å²) in [6.45, 7) is 6.19. The second-order valence-corrected chi connectivity index (χ2v) is 7.73. The third-order valence-electron chi connectivity index (χ3n) is 5.34. The topological polar surface area (TPSA) is 74.2 Å². The number of carbonyl (C=O) groups is 1. The van der Waals surface area contributed by atoms with Gasteiger partial charge in [0.25, 0.3) is 0 Å². The lowest BCUT2D eigenvalue weighted by Crippen LogP contribution is -2.29. The van der Waals surface area contributed by atoms with Crippen molar-refractivity contribution in [2.24, 2.45) is 5.92 Å². The SMILES string of the molecule is CC[C@@H](NCCCC[C@@H](Cc1cc(C)c(F)c(C)c1)C(=O)NO)c1ccc(F)cn1. The van der Waals surface area contributed by atoms with Gasteiger partial charge in [-0.15, -0.1) is 0 Å². The molecule has 0 fully saturated rings. The molecule has 0 unspecified atom stereocenters. The number of nitrogens with zero attached hydrogens (tertiary/aromatic N) is 1. The van der Waals surface area contributed by atoms with Crippen LogP contribution in [-0.2, 0) is 11.2 Å². The maximum atomic E-state index is 13.8. The van der Waals surface area contributed by atoms with E-state index in [4.69, 9.17) is 5.21 Å². The van der Waals surface area contributed by atoms with E-state index in [1.807, 2.05) is 6.92 Å². The lowest BCUT2D eigenvalue weighted by molar-refractivity contribution is -0.133. The summed E-state index contributed by atoms with van der Waals surface area (Å²) >= 11 is 0. The average molecular weight is 420 g/mol. The number of amides is 1. The molecule has 0 aliphatic carbocycles. The van der Waals surface area contributed by atoms with Crippen molar-refractivity contribution in [3.63, 3.8) is 0 Å². The first-order valence-corrected chi connectivity index (χ1v) is 10.4. The van der Waals surface area contributed by atoms with Gasteiger partial charge in [-0.2, -0.15) is 0 Å². The number of halogens is 2. The molecule has 2 rings (SSSR count). The Kier molecular flexibility index (Phi) is 9.33. The van der Waals surface area contributed by atoms with Crippen LogP contribution in [0.2, 0.25) is 0 Å². The zero-order valence-electron chi connectivity index (χ0n) is 17.8. The monoisotopic (exact) mass is 419 g/mol. The highest BCUT2D eigenvalue weighted by Gasteiger charge is 2.19. The van der Waals surface area contributed by atoms with Crippen molar-refractivity contribution in [3.8, 4) is 0 Å². The van der Waals surface area contributed by atoms with Crippen molar-refractivity contribution < 1.29 is 18.8 Å². The van der Waals surface area contributed by atoms with Gasteiger partial charge in [-0.1, -0.05) is 25.5 Å². The molecule has 0 bridgehead atoms. The fraction of sp³-hybridized carbons (Fsp3) is 0.478. The summed E-state index contributed by atoms with van der Waals surface area (Å²) in [5.74, 6) is -1.40. The minimum atomic E-state index is -0.426. The molecule has 2 aromatic rings.